The summed E-state index contributed by atoms with van der Waals surface area (Å²) in [7, 11) is 3.69. The van der Waals surface area contributed by atoms with Crippen molar-refractivity contribution < 1.29 is 4.79 Å². The van der Waals surface area contributed by atoms with E-state index in [1.54, 1.807) is 4.90 Å². The molecule has 0 aromatic heterocycles. The van der Waals surface area contributed by atoms with Crippen LogP contribution in [0, 0.1) is 0 Å². The molecule has 1 aliphatic heterocycles. The zero-order valence-electron chi connectivity index (χ0n) is 11.2. The van der Waals surface area contributed by atoms with E-state index in [0.29, 0.717) is 6.54 Å². The molecule has 3 heteroatoms. The highest BCUT2D eigenvalue weighted by molar-refractivity contribution is 5.82. The van der Waals surface area contributed by atoms with Crippen molar-refractivity contribution in [3.8, 4) is 0 Å². The van der Waals surface area contributed by atoms with Crippen LogP contribution in [-0.4, -0.2) is 30.9 Å². The van der Waals surface area contributed by atoms with E-state index in [2.05, 4.69) is 17.4 Å². The van der Waals surface area contributed by atoms with Gasteiger partial charge in [0.15, 0.2) is 0 Å². The second kappa shape index (κ2) is 6.40. The van der Waals surface area contributed by atoms with Crippen molar-refractivity contribution in [3.63, 3.8) is 0 Å². The molecule has 17 heavy (non-hydrogen) atoms. The van der Waals surface area contributed by atoms with Crippen LogP contribution in [0.25, 0.3) is 0 Å². The Hall–Kier alpha value is -1.35. The number of rotatable bonds is 1. The molecule has 1 heterocycles. The molecule has 1 N–H and O–H groups in total. The molecular weight excluding hydrogens is 212 g/mol. The van der Waals surface area contributed by atoms with Gasteiger partial charge in [0.2, 0.25) is 5.91 Å². The highest BCUT2D eigenvalue weighted by Gasteiger charge is 2.25. The highest BCUT2D eigenvalue weighted by Crippen LogP contribution is 2.18. The van der Waals surface area contributed by atoms with E-state index >= 15 is 0 Å². The van der Waals surface area contributed by atoms with Crippen LogP contribution in [0.4, 0.5) is 0 Å². The van der Waals surface area contributed by atoms with Crippen LogP contribution in [0.2, 0.25) is 0 Å². The largest absolute Gasteiger partial charge is 0.340 e. The molecule has 1 amide bonds. The lowest BCUT2D eigenvalue weighted by Gasteiger charge is -2.19. The highest BCUT2D eigenvalue weighted by atomic mass is 16.2. The standard InChI is InChI=1S/C12H16N2O.C2H6/c1-13-11-7-9-5-3-4-6-10(9)8-14(2)12(11)15;1-2/h3-6,11,13H,7-8H2,1-2H3;1-2H3. The lowest BCUT2D eigenvalue weighted by atomic mass is 10.0. The Kier molecular flexibility index (Phi) is 5.16. The van der Waals surface area contributed by atoms with E-state index in [4.69, 9.17) is 0 Å². The van der Waals surface area contributed by atoms with Gasteiger partial charge in [-0.25, -0.2) is 0 Å². The lowest BCUT2D eigenvalue weighted by Crippen LogP contribution is -2.42. The summed E-state index contributed by atoms with van der Waals surface area (Å²) in [5, 5.41) is 3.07. The molecule has 2 rings (SSSR count). The summed E-state index contributed by atoms with van der Waals surface area (Å²) >= 11 is 0. The van der Waals surface area contributed by atoms with E-state index in [1.165, 1.54) is 11.1 Å². The molecule has 0 saturated carbocycles. The molecule has 1 aromatic rings. The monoisotopic (exact) mass is 234 g/mol. The van der Waals surface area contributed by atoms with Gasteiger partial charge in [0.1, 0.15) is 0 Å². The minimum Gasteiger partial charge on any atom is -0.340 e. The molecule has 0 fully saturated rings. The van der Waals surface area contributed by atoms with Crippen LogP contribution < -0.4 is 5.32 Å². The van der Waals surface area contributed by atoms with Crippen LogP contribution in [0.3, 0.4) is 0 Å². The summed E-state index contributed by atoms with van der Waals surface area (Å²) in [5.41, 5.74) is 2.53. The first-order chi connectivity index (χ1) is 8.22. The smallest absolute Gasteiger partial charge is 0.240 e. The van der Waals surface area contributed by atoms with Gasteiger partial charge in [-0.05, 0) is 24.6 Å². The van der Waals surface area contributed by atoms with Crippen molar-refractivity contribution in [1.82, 2.24) is 10.2 Å². The zero-order chi connectivity index (χ0) is 12.8. The molecule has 0 saturated heterocycles. The third kappa shape index (κ3) is 3.07. The minimum absolute atomic E-state index is 0.0846. The Morgan fingerprint density at radius 1 is 1.24 bits per heavy atom. The number of hydrogen-bond donors (Lipinski definition) is 1. The van der Waals surface area contributed by atoms with Gasteiger partial charge < -0.3 is 10.2 Å². The third-order valence-corrected chi connectivity index (χ3v) is 2.97. The van der Waals surface area contributed by atoms with Crippen molar-refractivity contribution in [2.24, 2.45) is 0 Å². The van der Waals surface area contributed by atoms with Gasteiger partial charge in [-0.15, -0.1) is 0 Å². The van der Waals surface area contributed by atoms with E-state index < -0.39 is 0 Å². The Balaban J connectivity index is 0.000000686. The Bertz CT molecular complexity index is 376. The van der Waals surface area contributed by atoms with Gasteiger partial charge in [0.25, 0.3) is 0 Å². The molecule has 0 spiro atoms. The Morgan fingerprint density at radius 3 is 2.41 bits per heavy atom. The molecule has 1 aromatic carbocycles. The molecule has 1 atom stereocenters. The summed E-state index contributed by atoms with van der Waals surface area (Å²) in [6.45, 7) is 4.72. The molecule has 94 valence electrons. The van der Waals surface area contributed by atoms with E-state index in [0.717, 1.165) is 6.42 Å². The van der Waals surface area contributed by atoms with Crippen LogP contribution in [-0.2, 0) is 17.8 Å². The number of likely N-dealkylation sites (N-methyl/N-ethyl adjacent to an activating group) is 2. The van der Waals surface area contributed by atoms with Gasteiger partial charge in [-0.3, -0.25) is 4.79 Å². The van der Waals surface area contributed by atoms with E-state index in [-0.39, 0.29) is 11.9 Å². The number of fused-ring (bicyclic) bond motifs is 1. The molecule has 3 nitrogen and oxygen atoms in total. The van der Waals surface area contributed by atoms with Crippen molar-refractivity contribution in [2.45, 2.75) is 32.9 Å². The fourth-order valence-electron chi connectivity index (χ4n) is 2.04. The average molecular weight is 234 g/mol. The first-order valence-corrected chi connectivity index (χ1v) is 6.21. The van der Waals surface area contributed by atoms with Gasteiger partial charge in [-0.1, -0.05) is 38.1 Å². The topological polar surface area (TPSA) is 32.3 Å². The summed E-state index contributed by atoms with van der Waals surface area (Å²) in [4.78, 5) is 13.7. The predicted molar refractivity (Wildman–Crippen MR) is 70.8 cm³/mol. The first-order valence-electron chi connectivity index (χ1n) is 6.21. The van der Waals surface area contributed by atoms with Crippen LogP contribution in [0.15, 0.2) is 24.3 Å². The molecule has 1 aliphatic rings. The van der Waals surface area contributed by atoms with Gasteiger partial charge in [0.05, 0.1) is 6.04 Å². The number of carbonyl (C=O) groups is 1. The number of nitrogens with one attached hydrogen (secondary N) is 1. The maximum Gasteiger partial charge on any atom is 0.240 e. The number of carbonyl (C=O) groups excluding carboxylic acids is 1. The number of hydrogen-bond acceptors (Lipinski definition) is 2. The fraction of sp³-hybridized carbons (Fsp3) is 0.500. The van der Waals surface area contributed by atoms with Crippen molar-refractivity contribution in [2.75, 3.05) is 14.1 Å². The summed E-state index contributed by atoms with van der Waals surface area (Å²) in [5.74, 6) is 0.175. The quantitative estimate of drug-likeness (QED) is 0.804. The summed E-state index contributed by atoms with van der Waals surface area (Å²) < 4.78 is 0. The zero-order valence-corrected chi connectivity index (χ0v) is 11.2. The number of benzene rings is 1. The van der Waals surface area contributed by atoms with Gasteiger partial charge in [-0.2, -0.15) is 0 Å². The summed E-state index contributed by atoms with van der Waals surface area (Å²) in [6, 6.07) is 8.17. The van der Waals surface area contributed by atoms with Crippen molar-refractivity contribution >= 4 is 5.91 Å². The predicted octanol–water partition coefficient (Wildman–Crippen LogP) is 1.82. The Morgan fingerprint density at radius 2 is 1.82 bits per heavy atom. The molecular formula is C14H22N2O. The van der Waals surface area contributed by atoms with Crippen LogP contribution in [0.5, 0.6) is 0 Å². The molecule has 0 radical (unpaired) electrons. The number of amides is 1. The molecule has 1 unspecified atom stereocenters. The maximum atomic E-state index is 11.9. The normalized spacial score (nSPS) is 18.9. The van der Waals surface area contributed by atoms with E-state index in [9.17, 15) is 4.79 Å². The van der Waals surface area contributed by atoms with Gasteiger partial charge >= 0.3 is 0 Å². The minimum atomic E-state index is -0.0846. The van der Waals surface area contributed by atoms with Crippen LogP contribution in [0.1, 0.15) is 25.0 Å². The maximum absolute atomic E-state index is 11.9. The first kappa shape index (κ1) is 13.7. The molecule has 0 aliphatic carbocycles. The lowest BCUT2D eigenvalue weighted by molar-refractivity contribution is -0.132. The average Bonchev–Trinajstić information content (AvgIpc) is 2.50. The van der Waals surface area contributed by atoms with E-state index in [1.807, 2.05) is 40.1 Å². The van der Waals surface area contributed by atoms with Gasteiger partial charge in [0, 0.05) is 13.6 Å². The Labute approximate surface area is 104 Å². The third-order valence-electron chi connectivity index (χ3n) is 2.97. The SMILES string of the molecule is CC.CNC1Cc2ccccc2CN(C)C1=O. The fourth-order valence-corrected chi connectivity index (χ4v) is 2.04. The van der Waals surface area contributed by atoms with Crippen molar-refractivity contribution in [3.05, 3.63) is 35.4 Å². The van der Waals surface area contributed by atoms with Crippen LogP contribution >= 0.6 is 0 Å². The summed E-state index contributed by atoms with van der Waals surface area (Å²) in [6.07, 6.45) is 0.788. The second-order valence-electron chi connectivity index (χ2n) is 4.01. The van der Waals surface area contributed by atoms with Crippen molar-refractivity contribution in [1.29, 1.82) is 0 Å². The second-order valence-corrected chi connectivity index (χ2v) is 4.01. The number of nitrogens with zero attached hydrogens (tertiary/aromatic N) is 1. The molecule has 0 bridgehead atoms.